The minimum absolute atomic E-state index is 0.401. The Morgan fingerprint density at radius 3 is 2.48 bits per heavy atom. The Bertz CT molecular complexity index is 671. The SMILES string of the molecule is COC(=O)c1ccc(Cl)cc1NCc1ccc(Cl)cc1C. The zero-order valence-corrected chi connectivity index (χ0v) is 13.3. The van der Waals surface area contributed by atoms with Gasteiger partial charge in [-0.2, -0.15) is 0 Å². The van der Waals surface area contributed by atoms with Gasteiger partial charge < -0.3 is 10.1 Å². The van der Waals surface area contributed by atoms with Crippen LogP contribution in [0.1, 0.15) is 21.5 Å². The zero-order valence-electron chi connectivity index (χ0n) is 11.7. The Morgan fingerprint density at radius 2 is 1.81 bits per heavy atom. The number of nitrogens with one attached hydrogen (secondary N) is 1. The van der Waals surface area contributed by atoms with Crippen LogP contribution in [0, 0.1) is 6.92 Å². The number of halogens is 2. The van der Waals surface area contributed by atoms with Crippen LogP contribution in [0.25, 0.3) is 0 Å². The van der Waals surface area contributed by atoms with E-state index in [2.05, 4.69) is 5.32 Å². The van der Waals surface area contributed by atoms with Gasteiger partial charge in [0.25, 0.3) is 0 Å². The third kappa shape index (κ3) is 3.90. The second kappa shape index (κ2) is 6.83. The molecule has 0 spiro atoms. The number of aryl methyl sites for hydroxylation is 1. The van der Waals surface area contributed by atoms with Gasteiger partial charge in [0.2, 0.25) is 0 Å². The third-order valence-corrected chi connectivity index (χ3v) is 3.63. The average molecular weight is 324 g/mol. The summed E-state index contributed by atoms with van der Waals surface area (Å²) in [6.07, 6.45) is 0. The first kappa shape index (κ1) is 15.7. The van der Waals surface area contributed by atoms with Crippen LogP contribution in [0.5, 0.6) is 0 Å². The highest BCUT2D eigenvalue weighted by atomic mass is 35.5. The van der Waals surface area contributed by atoms with Gasteiger partial charge in [0.05, 0.1) is 18.4 Å². The lowest BCUT2D eigenvalue weighted by Gasteiger charge is -2.13. The topological polar surface area (TPSA) is 38.3 Å². The smallest absolute Gasteiger partial charge is 0.339 e. The molecule has 110 valence electrons. The van der Waals surface area contributed by atoms with Gasteiger partial charge in [-0.25, -0.2) is 4.79 Å². The largest absolute Gasteiger partial charge is 0.465 e. The number of anilines is 1. The number of methoxy groups -OCH3 is 1. The van der Waals surface area contributed by atoms with Gasteiger partial charge in [0, 0.05) is 16.6 Å². The van der Waals surface area contributed by atoms with Crippen molar-refractivity contribution in [3.8, 4) is 0 Å². The summed E-state index contributed by atoms with van der Waals surface area (Å²) < 4.78 is 4.77. The molecule has 0 aromatic heterocycles. The van der Waals surface area contributed by atoms with E-state index in [4.69, 9.17) is 27.9 Å². The van der Waals surface area contributed by atoms with Crippen molar-refractivity contribution < 1.29 is 9.53 Å². The van der Waals surface area contributed by atoms with Crippen LogP contribution in [0.2, 0.25) is 10.0 Å². The second-order valence-electron chi connectivity index (χ2n) is 4.61. The predicted molar refractivity (Wildman–Crippen MR) is 86.3 cm³/mol. The van der Waals surface area contributed by atoms with E-state index in [9.17, 15) is 4.79 Å². The van der Waals surface area contributed by atoms with Crippen LogP contribution in [0.4, 0.5) is 5.69 Å². The molecule has 0 radical (unpaired) electrons. The maximum atomic E-state index is 11.7. The Kier molecular flexibility index (Phi) is 5.10. The van der Waals surface area contributed by atoms with E-state index in [1.54, 1.807) is 18.2 Å². The number of hydrogen-bond acceptors (Lipinski definition) is 3. The first-order valence-electron chi connectivity index (χ1n) is 6.38. The average Bonchev–Trinajstić information content (AvgIpc) is 2.45. The fraction of sp³-hybridized carbons (Fsp3) is 0.188. The molecule has 0 aliphatic heterocycles. The number of esters is 1. The Hall–Kier alpha value is -1.71. The lowest BCUT2D eigenvalue weighted by Crippen LogP contribution is -2.08. The quantitative estimate of drug-likeness (QED) is 0.829. The molecule has 0 saturated heterocycles. The van der Waals surface area contributed by atoms with Crippen LogP contribution in [-0.2, 0) is 11.3 Å². The van der Waals surface area contributed by atoms with Crippen molar-refractivity contribution in [2.24, 2.45) is 0 Å². The van der Waals surface area contributed by atoms with E-state index in [1.165, 1.54) is 7.11 Å². The van der Waals surface area contributed by atoms with Crippen LogP contribution >= 0.6 is 23.2 Å². The fourth-order valence-electron chi connectivity index (χ4n) is 2.00. The van der Waals surface area contributed by atoms with Crippen molar-refractivity contribution in [1.29, 1.82) is 0 Å². The van der Waals surface area contributed by atoms with Crippen molar-refractivity contribution >= 4 is 34.9 Å². The number of hydrogen-bond donors (Lipinski definition) is 1. The molecule has 2 aromatic carbocycles. The maximum Gasteiger partial charge on any atom is 0.339 e. The fourth-order valence-corrected chi connectivity index (χ4v) is 2.40. The van der Waals surface area contributed by atoms with Gasteiger partial charge in [-0.05, 0) is 48.4 Å². The number of carbonyl (C=O) groups is 1. The summed E-state index contributed by atoms with van der Waals surface area (Å²) in [5.41, 5.74) is 3.27. The van der Waals surface area contributed by atoms with E-state index in [0.29, 0.717) is 27.8 Å². The maximum absolute atomic E-state index is 11.7. The summed E-state index contributed by atoms with van der Waals surface area (Å²) in [4.78, 5) is 11.7. The highest BCUT2D eigenvalue weighted by Crippen LogP contribution is 2.23. The Morgan fingerprint density at radius 1 is 1.14 bits per heavy atom. The zero-order chi connectivity index (χ0) is 15.4. The summed E-state index contributed by atoms with van der Waals surface area (Å²) >= 11 is 11.9. The van der Waals surface area contributed by atoms with Gasteiger partial charge in [-0.15, -0.1) is 0 Å². The number of ether oxygens (including phenoxy) is 1. The Balaban J connectivity index is 2.23. The molecule has 0 aliphatic rings. The van der Waals surface area contributed by atoms with Crippen LogP contribution < -0.4 is 5.32 Å². The van der Waals surface area contributed by atoms with Crippen LogP contribution in [-0.4, -0.2) is 13.1 Å². The summed E-state index contributed by atoms with van der Waals surface area (Å²) in [7, 11) is 1.35. The van der Waals surface area contributed by atoms with Crippen molar-refractivity contribution in [2.75, 3.05) is 12.4 Å². The van der Waals surface area contributed by atoms with Crippen molar-refractivity contribution in [3.63, 3.8) is 0 Å². The lowest BCUT2D eigenvalue weighted by atomic mass is 10.1. The molecule has 0 saturated carbocycles. The van der Waals surface area contributed by atoms with E-state index >= 15 is 0 Å². The highest BCUT2D eigenvalue weighted by Gasteiger charge is 2.12. The van der Waals surface area contributed by atoms with E-state index in [-0.39, 0.29) is 0 Å². The molecule has 21 heavy (non-hydrogen) atoms. The van der Waals surface area contributed by atoms with E-state index in [1.807, 2.05) is 25.1 Å². The molecule has 5 heteroatoms. The van der Waals surface area contributed by atoms with Gasteiger partial charge >= 0.3 is 5.97 Å². The molecule has 0 unspecified atom stereocenters. The first-order valence-corrected chi connectivity index (χ1v) is 7.13. The molecule has 2 aromatic rings. The minimum atomic E-state index is -0.401. The molecule has 0 atom stereocenters. The Labute approximate surface area is 133 Å². The van der Waals surface area contributed by atoms with E-state index < -0.39 is 5.97 Å². The standard InChI is InChI=1S/C16H15Cl2NO2/c1-10-7-12(17)4-3-11(10)9-19-15-8-13(18)5-6-14(15)16(20)21-2/h3-8,19H,9H2,1-2H3. The molecule has 0 bridgehead atoms. The normalized spacial score (nSPS) is 10.3. The summed E-state index contributed by atoms with van der Waals surface area (Å²) in [5.74, 6) is -0.401. The number of rotatable bonds is 4. The molecule has 0 aliphatic carbocycles. The van der Waals surface area contributed by atoms with Crippen LogP contribution in [0.15, 0.2) is 36.4 Å². The van der Waals surface area contributed by atoms with Gasteiger partial charge in [0.15, 0.2) is 0 Å². The molecule has 2 rings (SSSR count). The monoisotopic (exact) mass is 323 g/mol. The summed E-state index contributed by atoms with van der Waals surface area (Å²) in [6.45, 7) is 2.55. The summed E-state index contributed by atoms with van der Waals surface area (Å²) in [6, 6.07) is 10.7. The number of benzene rings is 2. The van der Waals surface area contributed by atoms with Gasteiger partial charge in [-0.1, -0.05) is 29.3 Å². The predicted octanol–water partition coefficient (Wildman–Crippen LogP) is 4.70. The van der Waals surface area contributed by atoms with Crippen molar-refractivity contribution in [2.45, 2.75) is 13.5 Å². The van der Waals surface area contributed by atoms with Crippen LogP contribution in [0.3, 0.4) is 0 Å². The van der Waals surface area contributed by atoms with Crippen molar-refractivity contribution in [1.82, 2.24) is 0 Å². The molecule has 0 heterocycles. The molecule has 0 fully saturated rings. The lowest BCUT2D eigenvalue weighted by molar-refractivity contribution is 0.0602. The molecule has 0 amide bonds. The van der Waals surface area contributed by atoms with Gasteiger partial charge in [-0.3, -0.25) is 0 Å². The molecule has 3 nitrogen and oxygen atoms in total. The summed E-state index contributed by atoms with van der Waals surface area (Å²) in [5, 5.41) is 4.47. The molecular weight excluding hydrogens is 309 g/mol. The van der Waals surface area contributed by atoms with Crippen molar-refractivity contribution in [3.05, 3.63) is 63.1 Å². The van der Waals surface area contributed by atoms with E-state index in [0.717, 1.165) is 11.1 Å². The second-order valence-corrected chi connectivity index (χ2v) is 5.48. The molecular formula is C16H15Cl2NO2. The third-order valence-electron chi connectivity index (χ3n) is 3.16. The number of carbonyl (C=O) groups excluding carboxylic acids is 1. The first-order chi connectivity index (χ1) is 10.0. The minimum Gasteiger partial charge on any atom is -0.465 e. The molecule has 1 N–H and O–H groups in total. The highest BCUT2D eigenvalue weighted by molar-refractivity contribution is 6.31. The van der Waals surface area contributed by atoms with Gasteiger partial charge in [0.1, 0.15) is 0 Å².